The van der Waals surface area contributed by atoms with Gasteiger partial charge in [0.05, 0.1) is 5.41 Å². The highest BCUT2D eigenvalue weighted by atomic mass is 35.5. The quantitative estimate of drug-likeness (QED) is 0.727. The normalized spacial score (nSPS) is 11.3. The van der Waals surface area contributed by atoms with Crippen molar-refractivity contribution in [3.63, 3.8) is 0 Å². The van der Waals surface area contributed by atoms with Crippen molar-refractivity contribution in [2.75, 3.05) is 6.54 Å². The molecule has 0 aliphatic heterocycles. The first-order valence-electron chi connectivity index (χ1n) is 5.83. The molecule has 104 valence electrons. The first kappa shape index (κ1) is 15.5. The second kappa shape index (κ2) is 6.04. The highest BCUT2D eigenvalue weighted by molar-refractivity contribution is 6.31. The summed E-state index contributed by atoms with van der Waals surface area (Å²) in [5.41, 5.74) is 11.0. The monoisotopic (exact) mass is 283 g/mol. The number of nitrogens with one attached hydrogen (secondary N) is 1. The molecule has 0 atom stereocenters. The van der Waals surface area contributed by atoms with E-state index >= 15 is 0 Å². The fourth-order valence-corrected chi connectivity index (χ4v) is 1.69. The number of carbonyl (C=O) groups is 2. The molecular formula is C13H18ClN3O2. The van der Waals surface area contributed by atoms with Gasteiger partial charge in [0.25, 0.3) is 0 Å². The molecule has 0 aliphatic rings. The summed E-state index contributed by atoms with van der Waals surface area (Å²) in [5, 5.41) is 3.57. The summed E-state index contributed by atoms with van der Waals surface area (Å²) in [7, 11) is 0. The highest BCUT2D eigenvalue weighted by Crippen LogP contribution is 2.18. The van der Waals surface area contributed by atoms with Crippen molar-refractivity contribution in [3.05, 3.63) is 34.3 Å². The molecule has 0 fully saturated rings. The van der Waals surface area contributed by atoms with E-state index in [1.54, 1.807) is 26.0 Å². The van der Waals surface area contributed by atoms with Crippen LogP contribution < -0.4 is 16.8 Å². The van der Waals surface area contributed by atoms with Crippen LogP contribution in [0.5, 0.6) is 0 Å². The number of amides is 2. The first-order chi connectivity index (χ1) is 8.74. The van der Waals surface area contributed by atoms with Crippen molar-refractivity contribution >= 4 is 23.4 Å². The molecule has 0 aliphatic carbocycles. The maximum atomic E-state index is 11.2. The van der Waals surface area contributed by atoms with Crippen molar-refractivity contribution in [3.8, 4) is 0 Å². The standard InChI is InChI=1S/C13H18ClN3O2/c1-13(2,12(16)19)7-17-6-9-4-3-8(11(15)18)5-10(9)14/h3-5,17H,6-7H2,1-2H3,(H2,15,18)(H2,16,19). The predicted molar refractivity (Wildman–Crippen MR) is 74.7 cm³/mol. The number of nitrogens with two attached hydrogens (primary N) is 2. The molecule has 1 rings (SSSR count). The molecule has 0 saturated heterocycles. The Morgan fingerprint density at radius 3 is 2.42 bits per heavy atom. The van der Waals surface area contributed by atoms with Gasteiger partial charge in [-0.1, -0.05) is 17.7 Å². The maximum absolute atomic E-state index is 11.2. The minimum Gasteiger partial charge on any atom is -0.369 e. The fraction of sp³-hybridized carbons (Fsp3) is 0.385. The fourth-order valence-electron chi connectivity index (χ4n) is 1.44. The molecule has 0 unspecified atom stereocenters. The van der Waals surface area contributed by atoms with Crippen molar-refractivity contribution in [1.82, 2.24) is 5.32 Å². The second-order valence-corrected chi connectivity index (χ2v) is 5.43. The van der Waals surface area contributed by atoms with Gasteiger partial charge in [-0.05, 0) is 31.5 Å². The molecule has 1 aromatic rings. The molecule has 0 radical (unpaired) electrons. The summed E-state index contributed by atoms with van der Waals surface area (Å²) in [6, 6.07) is 4.87. The Hall–Kier alpha value is -1.59. The van der Waals surface area contributed by atoms with Gasteiger partial charge in [0.2, 0.25) is 11.8 Å². The minimum atomic E-state index is -0.625. The molecule has 0 aromatic heterocycles. The molecule has 5 nitrogen and oxygen atoms in total. The lowest BCUT2D eigenvalue weighted by atomic mass is 9.93. The lowest BCUT2D eigenvalue weighted by Crippen LogP contribution is -2.40. The molecule has 6 heteroatoms. The summed E-state index contributed by atoms with van der Waals surface area (Å²) in [4.78, 5) is 22.1. The minimum absolute atomic E-state index is 0.366. The summed E-state index contributed by atoms with van der Waals surface area (Å²) < 4.78 is 0. The molecule has 1 aromatic carbocycles. The van der Waals surface area contributed by atoms with E-state index in [0.29, 0.717) is 23.7 Å². The number of hydrogen-bond donors (Lipinski definition) is 3. The Morgan fingerprint density at radius 2 is 1.95 bits per heavy atom. The van der Waals surface area contributed by atoms with Crippen LogP contribution in [0.2, 0.25) is 5.02 Å². The van der Waals surface area contributed by atoms with Gasteiger partial charge >= 0.3 is 0 Å². The third-order valence-electron chi connectivity index (χ3n) is 2.89. The Morgan fingerprint density at radius 1 is 1.32 bits per heavy atom. The van der Waals surface area contributed by atoms with Crippen LogP contribution in [0.4, 0.5) is 0 Å². The number of hydrogen-bond acceptors (Lipinski definition) is 3. The smallest absolute Gasteiger partial charge is 0.248 e. The third kappa shape index (κ3) is 4.22. The number of rotatable bonds is 6. The summed E-state index contributed by atoms with van der Waals surface area (Å²) in [6.07, 6.45) is 0. The van der Waals surface area contributed by atoms with E-state index in [0.717, 1.165) is 5.56 Å². The average molecular weight is 284 g/mol. The molecule has 19 heavy (non-hydrogen) atoms. The van der Waals surface area contributed by atoms with Crippen LogP contribution in [-0.2, 0) is 11.3 Å². The zero-order valence-electron chi connectivity index (χ0n) is 11.0. The van der Waals surface area contributed by atoms with Crippen molar-refractivity contribution in [1.29, 1.82) is 0 Å². The first-order valence-corrected chi connectivity index (χ1v) is 6.20. The Kier molecular flexibility index (Phi) is 4.91. The number of primary amides is 2. The molecule has 0 heterocycles. The van der Waals surface area contributed by atoms with Crippen LogP contribution in [0.1, 0.15) is 29.8 Å². The molecule has 0 spiro atoms. The van der Waals surface area contributed by atoms with Crippen LogP contribution in [0.15, 0.2) is 18.2 Å². The van der Waals surface area contributed by atoms with Gasteiger partial charge in [-0.2, -0.15) is 0 Å². The van der Waals surface area contributed by atoms with Crippen LogP contribution in [-0.4, -0.2) is 18.4 Å². The predicted octanol–water partition coefficient (Wildman–Crippen LogP) is 1.04. The largest absolute Gasteiger partial charge is 0.369 e. The van der Waals surface area contributed by atoms with Gasteiger partial charge in [-0.25, -0.2) is 0 Å². The number of halogens is 1. The molecular weight excluding hydrogens is 266 g/mol. The van der Waals surface area contributed by atoms with Crippen molar-refractivity contribution in [2.24, 2.45) is 16.9 Å². The Labute approximate surface area is 117 Å². The lowest BCUT2D eigenvalue weighted by molar-refractivity contribution is -0.125. The summed E-state index contributed by atoms with van der Waals surface area (Å²) in [5.74, 6) is -0.883. The van der Waals surface area contributed by atoms with E-state index < -0.39 is 11.3 Å². The van der Waals surface area contributed by atoms with Crippen molar-refractivity contribution < 1.29 is 9.59 Å². The molecule has 0 bridgehead atoms. The number of carbonyl (C=O) groups excluding carboxylic acids is 2. The van der Waals surface area contributed by atoms with Gasteiger partial charge in [-0.15, -0.1) is 0 Å². The highest BCUT2D eigenvalue weighted by Gasteiger charge is 2.24. The Bertz CT molecular complexity index is 501. The summed E-state index contributed by atoms with van der Waals surface area (Å²) >= 11 is 6.05. The third-order valence-corrected chi connectivity index (χ3v) is 3.24. The number of benzene rings is 1. The Balaban J connectivity index is 2.64. The van der Waals surface area contributed by atoms with Crippen LogP contribution >= 0.6 is 11.6 Å². The summed E-state index contributed by atoms with van der Waals surface area (Å²) in [6.45, 7) is 4.45. The molecule has 0 saturated carbocycles. The van der Waals surface area contributed by atoms with Gasteiger partial charge in [0.1, 0.15) is 0 Å². The van der Waals surface area contributed by atoms with Gasteiger partial charge < -0.3 is 16.8 Å². The zero-order chi connectivity index (χ0) is 14.6. The second-order valence-electron chi connectivity index (χ2n) is 5.02. The lowest BCUT2D eigenvalue weighted by Gasteiger charge is -2.21. The topological polar surface area (TPSA) is 98.2 Å². The van der Waals surface area contributed by atoms with E-state index in [4.69, 9.17) is 23.1 Å². The van der Waals surface area contributed by atoms with E-state index in [9.17, 15) is 9.59 Å². The molecule has 2 amide bonds. The van der Waals surface area contributed by atoms with Crippen molar-refractivity contribution in [2.45, 2.75) is 20.4 Å². The van der Waals surface area contributed by atoms with Gasteiger partial charge in [0.15, 0.2) is 0 Å². The van der Waals surface area contributed by atoms with E-state index in [1.165, 1.54) is 6.07 Å². The average Bonchev–Trinajstić information content (AvgIpc) is 2.30. The van der Waals surface area contributed by atoms with E-state index in [-0.39, 0.29) is 5.91 Å². The maximum Gasteiger partial charge on any atom is 0.248 e. The van der Waals surface area contributed by atoms with E-state index in [1.807, 2.05) is 0 Å². The van der Waals surface area contributed by atoms with E-state index in [2.05, 4.69) is 5.32 Å². The SMILES string of the molecule is CC(C)(CNCc1ccc(C(N)=O)cc1Cl)C(N)=O. The van der Waals surface area contributed by atoms with Crippen LogP contribution in [0, 0.1) is 5.41 Å². The van der Waals surface area contributed by atoms with Crippen LogP contribution in [0.3, 0.4) is 0 Å². The van der Waals surface area contributed by atoms with Crippen LogP contribution in [0.25, 0.3) is 0 Å². The molecule has 5 N–H and O–H groups in total. The zero-order valence-corrected chi connectivity index (χ0v) is 11.8. The van der Waals surface area contributed by atoms with Gasteiger partial charge in [-0.3, -0.25) is 9.59 Å². The van der Waals surface area contributed by atoms with Gasteiger partial charge in [0, 0.05) is 23.7 Å².